The maximum absolute atomic E-state index is 12.4. The lowest BCUT2D eigenvalue weighted by atomic mass is 10.1. The van der Waals surface area contributed by atoms with Crippen molar-refractivity contribution in [3.63, 3.8) is 0 Å². The maximum Gasteiger partial charge on any atom is 0.455 e. The quantitative estimate of drug-likeness (QED) is 0.696. The molecule has 0 unspecified atom stereocenters. The summed E-state index contributed by atoms with van der Waals surface area (Å²) in [5.74, 6) is -3.46. The Labute approximate surface area is 115 Å². The van der Waals surface area contributed by atoms with E-state index in [2.05, 4.69) is 0 Å². The van der Waals surface area contributed by atoms with E-state index in [1.807, 2.05) is 0 Å². The van der Waals surface area contributed by atoms with Gasteiger partial charge in [-0.3, -0.25) is 4.79 Å². The Morgan fingerprint density at radius 3 is 2.62 bits per heavy atom. The average molecular weight is 302 g/mol. The third kappa shape index (κ3) is 2.56. The summed E-state index contributed by atoms with van der Waals surface area (Å²) in [5.41, 5.74) is -3.24. The van der Waals surface area contributed by atoms with Crippen molar-refractivity contribution in [2.24, 2.45) is 0 Å². The number of benzene rings is 1. The molecule has 1 heterocycles. The van der Waals surface area contributed by atoms with Crippen LogP contribution in [0.3, 0.4) is 0 Å². The molecule has 0 atom stereocenters. The summed E-state index contributed by atoms with van der Waals surface area (Å²) < 4.78 is 47.1. The number of alkyl halides is 3. The number of hydrogen-bond acceptors (Lipinski definition) is 5. The van der Waals surface area contributed by atoms with Gasteiger partial charge in [-0.1, -0.05) is 6.07 Å². The van der Waals surface area contributed by atoms with E-state index < -0.39 is 28.9 Å². The number of carbonyl (C=O) groups is 1. The van der Waals surface area contributed by atoms with Gasteiger partial charge in [-0.15, -0.1) is 0 Å². The molecule has 21 heavy (non-hydrogen) atoms. The van der Waals surface area contributed by atoms with E-state index in [-0.39, 0.29) is 23.3 Å². The molecule has 1 aromatic heterocycles. The lowest BCUT2D eigenvalue weighted by molar-refractivity contribution is -0.0888. The highest BCUT2D eigenvalue weighted by atomic mass is 19.4. The van der Waals surface area contributed by atoms with Gasteiger partial charge in [-0.25, -0.2) is 4.79 Å². The van der Waals surface area contributed by atoms with Crippen LogP contribution in [0.25, 0.3) is 11.0 Å². The summed E-state index contributed by atoms with van der Waals surface area (Å²) in [7, 11) is 0. The average Bonchev–Trinajstić information content (AvgIpc) is 2.39. The number of ether oxygens (including phenoxy) is 1. The van der Waals surface area contributed by atoms with Crippen molar-refractivity contribution in [3.05, 3.63) is 34.2 Å². The maximum atomic E-state index is 12.4. The van der Waals surface area contributed by atoms with E-state index in [9.17, 15) is 27.9 Å². The molecule has 0 amide bonds. The van der Waals surface area contributed by atoms with Gasteiger partial charge in [0.15, 0.2) is 16.9 Å². The fraction of sp³-hybridized carbons (Fsp3) is 0.231. The van der Waals surface area contributed by atoms with Crippen LogP contribution in [0.15, 0.2) is 27.4 Å². The first-order valence-corrected chi connectivity index (χ1v) is 5.80. The fourth-order valence-electron chi connectivity index (χ4n) is 1.79. The molecule has 0 saturated heterocycles. The second-order valence-corrected chi connectivity index (χ2v) is 4.01. The summed E-state index contributed by atoms with van der Waals surface area (Å²) in [6.07, 6.45) is -5.29. The van der Waals surface area contributed by atoms with E-state index in [1.54, 1.807) is 6.92 Å². The molecule has 0 fully saturated rings. The van der Waals surface area contributed by atoms with Crippen molar-refractivity contribution in [3.8, 4) is 11.5 Å². The van der Waals surface area contributed by atoms with Gasteiger partial charge in [-0.05, 0) is 19.1 Å². The number of carbonyl (C=O) groups excluding carboxylic acids is 1. The number of hydrogen-bond donors (Lipinski definition) is 1. The Morgan fingerprint density at radius 1 is 1.38 bits per heavy atom. The van der Waals surface area contributed by atoms with Gasteiger partial charge < -0.3 is 14.3 Å². The standard InChI is InChI=1S/C13H9F3O5/c1-2-20-7-5-3-4-6-9(17)8(11(18)13(14,15)16)12(19)21-10(6)7/h3-5,17H,2H2,1H3. The minimum atomic E-state index is -5.29. The van der Waals surface area contributed by atoms with Crippen LogP contribution in [0.2, 0.25) is 0 Å². The SMILES string of the molecule is CCOc1cccc2c(O)c(C(=O)C(F)(F)F)c(=O)oc12. The molecule has 2 aromatic rings. The van der Waals surface area contributed by atoms with Crippen molar-refractivity contribution in [1.29, 1.82) is 0 Å². The zero-order valence-electron chi connectivity index (χ0n) is 10.7. The summed E-state index contributed by atoms with van der Waals surface area (Å²) in [5, 5.41) is 9.61. The minimum absolute atomic E-state index is 0.0772. The Balaban J connectivity index is 2.78. The molecule has 0 aliphatic heterocycles. The largest absolute Gasteiger partial charge is 0.506 e. The third-order valence-corrected chi connectivity index (χ3v) is 2.65. The van der Waals surface area contributed by atoms with Crippen molar-refractivity contribution < 1.29 is 32.2 Å². The number of rotatable bonds is 3. The van der Waals surface area contributed by atoms with Gasteiger partial charge in [0.25, 0.3) is 5.78 Å². The number of fused-ring (bicyclic) bond motifs is 1. The van der Waals surface area contributed by atoms with Gasteiger partial charge in [0.05, 0.1) is 12.0 Å². The predicted octanol–water partition coefficient (Wildman–Crippen LogP) is 2.64. The van der Waals surface area contributed by atoms with E-state index in [4.69, 9.17) is 9.15 Å². The Bertz CT molecular complexity index is 761. The molecular weight excluding hydrogens is 293 g/mol. The van der Waals surface area contributed by atoms with Crippen LogP contribution < -0.4 is 10.4 Å². The predicted molar refractivity (Wildman–Crippen MR) is 65.7 cm³/mol. The highest BCUT2D eigenvalue weighted by Crippen LogP contribution is 2.34. The summed E-state index contributed by atoms with van der Waals surface area (Å²) in [6, 6.07) is 4.01. The first kappa shape index (κ1) is 14.9. The molecule has 0 aliphatic rings. The van der Waals surface area contributed by atoms with Gasteiger partial charge in [0, 0.05) is 0 Å². The zero-order valence-corrected chi connectivity index (χ0v) is 10.7. The molecule has 0 radical (unpaired) electrons. The number of ketones is 1. The molecule has 1 N–H and O–H groups in total. The molecule has 5 nitrogen and oxygen atoms in total. The molecule has 0 spiro atoms. The van der Waals surface area contributed by atoms with E-state index in [0.717, 1.165) is 0 Å². The monoisotopic (exact) mass is 302 g/mol. The molecule has 0 saturated carbocycles. The van der Waals surface area contributed by atoms with E-state index in [0.29, 0.717) is 0 Å². The molecule has 2 rings (SSSR count). The van der Waals surface area contributed by atoms with Crippen molar-refractivity contribution in [2.45, 2.75) is 13.1 Å². The summed E-state index contributed by atoms with van der Waals surface area (Å²) in [6.45, 7) is 1.87. The summed E-state index contributed by atoms with van der Waals surface area (Å²) >= 11 is 0. The second kappa shape index (κ2) is 5.12. The van der Waals surface area contributed by atoms with Crippen molar-refractivity contribution in [1.82, 2.24) is 0 Å². The molecule has 112 valence electrons. The number of para-hydroxylation sites is 1. The van der Waals surface area contributed by atoms with Crippen LogP contribution in [0.5, 0.6) is 11.5 Å². The van der Waals surface area contributed by atoms with Gasteiger partial charge in [0.2, 0.25) is 0 Å². The smallest absolute Gasteiger partial charge is 0.455 e. The molecule has 0 aliphatic carbocycles. The highest BCUT2D eigenvalue weighted by molar-refractivity contribution is 6.06. The first-order chi connectivity index (χ1) is 9.77. The first-order valence-electron chi connectivity index (χ1n) is 5.80. The van der Waals surface area contributed by atoms with Crippen LogP contribution in [0, 0.1) is 0 Å². The van der Waals surface area contributed by atoms with Crippen molar-refractivity contribution in [2.75, 3.05) is 6.61 Å². The lowest BCUT2D eigenvalue weighted by Gasteiger charge is -2.10. The lowest BCUT2D eigenvalue weighted by Crippen LogP contribution is -2.28. The zero-order chi connectivity index (χ0) is 15.8. The molecule has 1 aromatic carbocycles. The van der Waals surface area contributed by atoms with Crippen molar-refractivity contribution >= 4 is 16.8 Å². The van der Waals surface area contributed by atoms with Crippen LogP contribution in [-0.4, -0.2) is 23.7 Å². The van der Waals surface area contributed by atoms with Crippen LogP contribution in [0.4, 0.5) is 13.2 Å². The van der Waals surface area contributed by atoms with Gasteiger partial charge in [0.1, 0.15) is 5.75 Å². The third-order valence-electron chi connectivity index (χ3n) is 2.65. The normalized spacial score (nSPS) is 11.6. The van der Waals surface area contributed by atoms with E-state index in [1.165, 1.54) is 18.2 Å². The van der Waals surface area contributed by atoms with Crippen LogP contribution in [0.1, 0.15) is 17.3 Å². The molecule has 0 bridgehead atoms. The Morgan fingerprint density at radius 2 is 2.05 bits per heavy atom. The molecule has 8 heteroatoms. The summed E-state index contributed by atoms with van der Waals surface area (Å²) in [4.78, 5) is 22.8. The highest BCUT2D eigenvalue weighted by Gasteiger charge is 2.43. The number of halogens is 3. The topological polar surface area (TPSA) is 76.7 Å². The number of Topliss-reactive ketones (excluding diaryl/α,β-unsaturated/α-hetero) is 1. The van der Waals surface area contributed by atoms with Crippen LogP contribution in [-0.2, 0) is 0 Å². The van der Waals surface area contributed by atoms with Gasteiger partial charge in [-0.2, -0.15) is 13.2 Å². The van der Waals surface area contributed by atoms with E-state index >= 15 is 0 Å². The Hall–Kier alpha value is -2.51. The van der Waals surface area contributed by atoms with Crippen LogP contribution >= 0.6 is 0 Å². The second-order valence-electron chi connectivity index (χ2n) is 4.01. The minimum Gasteiger partial charge on any atom is -0.506 e. The fourth-order valence-corrected chi connectivity index (χ4v) is 1.79. The van der Waals surface area contributed by atoms with Gasteiger partial charge >= 0.3 is 11.8 Å². The number of aromatic hydroxyl groups is 1. The Kier molecular flexibility index (Phi) is 3.63. The molecular formula is C13H9F3O5.